The Labute approximate surface area is 133 Å². The highest BCUT2D eigenvalue weighted by Gasteiger charge is 2.15. The minimum atomic E-state index is 0.356. The molecule has 0 heterocycles. The van der Waals surface area contributed by atoms with Gasteiger partial charge < -0.3 is 5.32 Å². The zero-order chi connectivity index (χ0) is 15.2. The minimum Gasteiger partial charge on any atom is -0.306 e. The highest BCUT2D eigenvalue weighted by Crippen LogP contribution is 2.23. The first-order valence-corrected chi connectivity index (χ1v) is 8.04. The van der Waals surface area contributed by atoms with E-state index in [2.05, 4.69) is 56.4 Å². The van der Waals surface area contributed by atoms with Crippen molar-refractivity contribution in [2.24, 2.45) is 5.92 Å². The van der Waals surface area contributed by atoms with Gasteiger partial charge in [-0.05, 0) is 41.2 Å². The molecule has 2 heteroatoms. The van der Waals surface area contributed by atoms with Crippen molar-refractivity contribution in [3.05, 3.63) is 70.2 Å². The molecule has 0 fully saturated rings. The van der Waals surface area contributed by atoms with E-state index >= 15 is 0 Å². The van der Waals surface area contributed by atoms with Crippen LogP contribution in [0.2, 0.25) is 5.02 Å². The van der Waals surface area contributed by atoms with Gasteiger partial charge in [-0.1, -0.05) is 68.8 Å². The van der Waals surface area contributed by atoms with E-state index in [-0.39, 0.29) is 0 Å². The molecule has 1 unspecified atom stereocenters. The molecule has 0 aliphatic rings. The minimum absolute atomic E-state index is 0.356. The molecule has 0 aliphatic carbocycles. The monoisotopic (exact) mass is 301 g/mol. The van der Waals surface area contributed by atoms with Crippen LogP contribution in [0.5, 0.6) is 0 Å². The van der Waals surface area contributed by atoms with Crippen molar-refractivity contribution in [1.82, 2.24) is 5.32 Å². The number of benzene rings is 2. The topological polar surface area (TPSA) is 12.0 Å². The van der Waals surface area contributed by atoms with Crippen LogP contribution in [0.4, 0.5) is 0 Å². The first kappa shape index (κ1) is 16.1. The summed E-state index contributed by atoms with van der Waals surface area (Å²) < 4.78 is 0. The average molecular weight is 302 g/mol. The van der Waals surface area contributed by atoms with Crippen LogP contribution in [0.25, 0.3) is 0 Å². The van der Waals surface area contributed by atoms with Crippen LogP contribution in [0.15, 0.2) is 48.5 Å². The molecule has 0 spiro atoms. The van der Waals surface area contributed by atoms with E-state index in [0.717, 1.165) is 18.0 Å². The molecular formula is C19H24ClN. The van der Waals surface area contributed by atoms with E-state index < -0.39 is 0 Å². The molecule has 0 bridgehead atoms. The number of halogens is 1. The average Bonchev–Trinajstić information content (AvgIpc) is 2.48. The summed E-state index contributed by atoms with van der Waals surface area (Å²) in [6.45, 7) is 7.53. The van der Waals surface area contributed by atoms with Crippen molar-refractivity contribution < 1.29 is 0 Å². The molecule has 1 nitrogen and oxygen atoms in total. The third-order valence-electron chi connectivity index (χ3n) is 3.83. The molecule has 0 saturated carbocycles. The fourth-order valence-electron chi connectivity index (χ4n) is 2.57. The fraction of sp³-hybridized carbons (Fsp3) is 0.368. The molecule has 2 aromatic carbocycles. The maximum absolute atomic E-state index is 6.05. The van der Waals surface area contributed by atoms with Gasteiger partial charge in [0.05, 0.1) is 0 Å². The fourth-order valence-corrected chi connectivity index (χ4v) is 2.79. The highest BCUT2D eigenvalue weighted by molar-refractivity contribution is 6.30. The molecule has 2 aromatic rings. The van der Waals surface area contributed by atoms with Crippen LogP contribution in [0, 0.1) is 5.92 Å². The van der Waals surface area contributed by atoms with Crippen LogP contribution in [-0.2, 0) is 13.0 Å². The normalized spacial score (nSPS) is 12.6. The van der Waals surface area contributed by atoms with E-state index in [1.165, 1.54) is 16.7 Å². The summed E-state index contributed by atoms with van der Waals surface area (Å²) in [5.74, 6) is 0.539. The van der Waals surface area contributed by atoms with Gasteiger partial charge in [0.1, 0.15) is 0 Å². The molecule has 0 saturated heterocycles. The van der Waals surface area contributed by atoms with Gasteiger partial charge >= 0.3 is 0 Å². The Bertz CT molecular complexity index is 560. The number of aryl methyl sites for hydroxylation is 1. The lowest BCUT2D eigenvalue weighted by Gasteiger charge is -2.23. The Kier molecular flexibility index (Phi) is 5.84. The zero-order valence-corrected chi connectivity index (χ0v) is 13.8. The molecule has 112 valence electrons. The number of hydrogen-bond acceptors (Lipinski definition) is 1. The van der Waals surface area contributed by atoms with Gasteiger partial charge in [-0.25, -0.2) is 0 Å². The summed E-state index contributed by atoms with van der Waals surface area (Å²) >= 11 is 6.05. The Morgan fingerprint density at radius 1 is 1.00 bits per heavy atom. The molecule has 0 radical (unpaired) electrons. The first-order valence-electron chi connectivity index (χ1n) is 7.66. The van der Waals surface area contributed by atoms with E-state index in [4.69, 9.17) is 11.6 Å². The molecule has 0 aromatic heterocycles. The van der Waals surface area contributed by atoms with Crippen LogP contribution in [0.1, 0.15) is 43.5 Å². The van der Waals surface area contributed by atoms with Crippen LogP contribution in [0.3, 0.4) is 0 Å². The van der Waals surface area contributed by atoms with Crippen LogP contribution in [-0.4, -0.2) is 0 Å². The Morgan fingerprint density at radius 3 is 2.29 bits per heavy atom. The van der Waals surface area contributed by atoms with Gasteiger partial charge in [-0.15, -0.1) is 0 Å². The maximum Gasteiger partial charge on any atom is 0.0409 e. The molecule has 1 N–H and O–H groups in total. The Hall–Kier alpha value is -1.31. The summed E-state index contributed by atoms with van der Waals surface area (Å²) in [5.41, 5.74) is 3.96. The lowest BCUT2D eigenvalue weighted by molar-refractivity contribution is 0.410. The maximum atomic E-state index is 6.05. The Morgan fingerprint density at radius 2 is 1.71 bits per heavy atom. The van der Waals surface area contributed by atoms with Gasteiger partial charge in [-0.2, -0.15) is 0 Å². The van der Waals surface area contributed by atoms with Crippen molar-refractivity contribution in [2.75, 3.05) is 0 Å². The second-order valence-electron chi connectivity index (χ2n) is 5.83. The zero-order valence-electron chi connectivity index (χ0n) is 13.1. The second kappa shape index (κ2) is 7.63. The standard InChI is InChI=1S/C19H24ClN/c1-4-15-8-10-17(11-9-15)19(14(2)3)21-13-16-6-5-7-18(20)12-16/h5-12,14,19,21H,4,13H2,1-3H3. The van der Waals surface area contributed by atoms with Gasteiger partial charge in [0.15, 0.2) is 0 Å². The first-order chi connectivity index (χ1) is 10.1. The van der Waals surface area contributed by atoms with E-state index in [1.807, 2.05) is 18.2 Å². The predicted octanol–water partition coefficient (Wildman–Crippen LogP) is 5.39. The molecule has 2 rings (SSSR count). The lowest BCUT2D eigenvalue weighted by Crippen LogP contribution is -2.25. The summed E-state index contributed by atoms with van der Waals surface area (Å²) in [7, 11) is 0. The molecule has 1 atom stereocenters. The third kappa shape index (κ3) is 4.59. The molecular weight excluding hydrogens is 278 g/mol. The molecule has 0 amide bonds. The van der Waals surface area contributed by atoms with Gasteiger partial charge in [0.2, 0.25) is 0 Å². The number of rotatable bonds is 6. The van der Waals surface area contributed by atoms with Crippen molar-refractivity contribution in [3.8, 4) is 0 Å². The lowest BCUT2D eigenvalue weighted by atomic mass is 9.94. The molecule has 0 aliphatic heterocycles. The largest absolute Gasteiger partial charge is 0.306 e. The Balaban J connectivity index is 2.08. The predicted molar refractivity (Wildman–Crippen MR) is 91.7 cm³/mol. The quantitative estimate of drug-likeness (QED) is 0.754. The summed E-state index contributed by atoms with van der Waals surface area (Å²) in [6.07, 6.45) is 1.09. The third-order valence-corrected chi connectivity index (χ3v) is 4.06. The van der Waals surface area contributed by atoms with Crippen molar-refractivity contribution in [1.29, 1.82) is 0 Å². The SMILES string of the molecule is CCc1ccc(C(NCc2cccc(Cl)c2)C(C)C)cc1. The molecule has 21 heavy (non-hydrogen) atoms. The van der Waals surface area contributed by atoms with E-state index in [9.17, 15) is 0 Å². The van der Waals surface area contributed by atoms with Gasteiger partial charge in [0, 0.05) is 17.6 Å². The second-order valence-corrected chi connectivity index (χ2v) is 6.26. The highest BCUT2D eigenvalue weighted by atomic mass is 35.5. The van der Waals surface area contributed by atoms with Crippen molar-refractivity contribution >= 4 is 11.6 Å². The van der Waals surface area contributed by atoms with Gasteiger partial charge in [0.25, 0.3) is 0 Å². The van der Waals surface area contributed by atoms with Crippen molar-refractivity contribution in [3.63, 3.8) is 0 Å². The van der Waals surface area contributed by atoms with Gasteiger partial charge in [-0.3, -0.25) is 0 Å². The van der Waals surface area contributed by atoms with Crippen LogP contribution >= 0.6 is 11.6 Å². The van der Waals surface area contributed by atoms with E-state index in [1.54, 1.807) is 0 Å². The van der Waals surface area contributed by atoms with Crippen LogP contribution < -0.4 is 5.32 Å². The van der Waals surface area contributed by atoms with Crippen molar-refractivity contribution in [2.45, 2.75) is 39.8 Å². The smallest absolute Gasteiger partial charge is 0.0409 e. The summed E-state index contributed by atoms with van der Waals surface area (Å²) in [5, 5.41) is 4.45. The number of nitrogens with one attached hydrogen (secondary N) is 1. The summed E-state index contributed by atoms with van der Waals surface area (Å²) in [6, 6.07) is 17.3. The number of hydrogen-bond donors (Lipinski definition) is 1. The van der Waals surface area contributed by atoms with E-state index in [0.29, 0.717) is 12.0 Å². The summed E-state index contributed by atoms with van der Waals surface area (Å²) in [4.78, 5) is 0.